The van der Waals surface area contributed by atoms with Crippen LogP contribution in [-0.2, 0) is 17.8 Å². The van der Waals surface area contributed by atoms with Crippen molar-refractivity contribution in [1.29, 1.82) is 0 Å². The Morgan fingerprint density at radius 3 is 2.88 bits per heavy atom. The highest BCUT2D eigenvalue weighted by molar-refractivity contribution is 6.02. The number of nitrogens with one attached hydrogen (secondary N) is 2. The Balaban J connectivity index is 1.76. The summed E-state index contributed by atoms with van der Waals surface area (Å²) in [7, 11) is 0. The monoisotopic (exact) mass is 332 g/mol. The van der Waals surface area contributed by atoms with Crippen molar-refractivity contribution in [1.82, 2.24) is 30.4 Å². The maximum absolute atomic E-state index is 12.7. The van der Waals surface area contributed by atoms with Crippen molar-refractivity contribution in [3.63, 3.8) is 0 Å². The van der Waals surface area contributed by atoms with Crippen molar-refractivity contribution >= 4 is 17.5 Å². The molecule has 0 bridgehead atoms. The number of rotatable bonds is 4. The molecule has 1 atom stereocenters. The summed E-state index contributed by atoms with van der Waals surface area (Å²) in [5, 5.41) is 21.1. The lowest BCUT2D eigenvalue weighted by Crippen LogP contribution is -2.25. The lowest BCUT2D eigenvalue weighted by molar-refractivity contribution is -0.120. The van der Waals surface area contributed by atoms with E-state index in [2.05, 4.69) is 31.0 Å². The number of nitrogens with zero attached hydrogens (tertiary/aromatic N) is 5. The third-order valence-electron chi connectivity index (χ3n) is 4.24. The van der Waals surface area contributed by atoms with E-state index in [4.69, 9.17) is 5.73 Å². The van der Waals surface area contributed by atoms with Crippen LogP contribution in [0.5, 0.6) is 0 Å². The van der Waals surface area contributed by atoms with Crippen molar-refractivity contribution in [2.75, 3.05) is 5.32 Å². The van der Waals surface area contributed by atoms with Crippen LogP contribution in [-0.4, -0.2) is 42.2 Å². The van der Waals surface area contributed by atoms with Gasteiger partial charge in [0.05, 0.1) is 11.4 Å². The van der Waals surface area contributed by atoms with Crippen LogP contribution in [0.15, 0.2) is 0 Å². The lowest BCUT2D eigenvalue weighted by Gasteiger charge is -2.15. The van der Waals surface area contributed by atoms with E-state index in [1.165, 1.54) is 0 Å². The number of anilines is 1. The highest BCUT2D eigenvalue weighted by Crippen LogP contribution is 2.27. The number of aryl methyl sites for hydroxylation is 2. The first-order valence-corrected chi connectivity index (χ1v) is 7.91. The molecule has 0 fully saturated rings. The number of nitrogens with two attached hydrogens (primary N) is 1. The molecule has 0 saturated heterocycles. The highest BCUT2D eigenvalue weighted by Gasteiger charge is 2.27. The van der Waals surface area contributed by atoms with Gasteiger partial charge in [-0.15, -0.1) is 5.10 Å². The minimum atomic E-state index is -0.676. The molecule has 128 valence electrons. The summed E-state index contributed by atoms with van der Waals surface area (Å²) in [6.07, 6.45) is 1.91. The van der Waals surface area contributed by atoms with E-state index in [1.807, 2.05) is 13.8 Å². The number of tetrazole rings is 1. The van der Waals surface area contributed by atoms with Crippen LogP contribution in [0.3, 0.4) is 0 Å². The molecule has 0 radical (unpaired) electrons. The molecule has 24 heavy (non-hydrogen) atoms. The molecule has 2 aromatic heterocycles. The molecule has 10 nitrogen and oxygen atoms in total. The Kier molecular flexibility index (Phi) is 4.28. The van der Waals surface area contributed by atoms with Crippen molar-refractivity contribution in [2.24, 2.45) is 11.7 Å². The largest absolute Gasteiger partial charge is 0.364 e. The van der Waals surface area contributed by atoms with Gasteiger partial charge in [0.1, 0.15) is 0 Å². The van der Waals surface area contributed by atoms with Gasteiger partial charge < -0.3 is 11.1 Å². The van der Waals surface area contributed by atoms with Gasteiger partial charge in [0.15, 0.2) is 11.5 Å². The van der Waals surface area contributed by atoms with Crippen molar-refractivity contribution in [3.05, 3.63) is 17.2 Å². The zero-order valence-electron chi connectivity index (χ0n) is 13.6. The van der Waals surface area contributed by atoms with E-state index >= 15 is 0 Å². The van der Waals surface area contributed by atoms with Crippen LogP contribution in [0.4, 0.5) is 5.69 Å². The Bertz CT molecular complexity index is 740. The summed E-state index contributed by atoms with van der Waals surface area (Å²) < 4.78 is 1.72. The van der Waals surface area contributed by atoms with Gasteiger partial charge in [0, 0.05) is 18.9 Å². The first-order chi connectivity index (χ1) is 11.5. The van der Waals surface area contributed by atoms with Gasteiger partial charge in [-0.05, 0) is 29.2 Å². The third kappa shape index (κ3) is 2.99. The van der Waals surface area contributed by atoms with E-state index in [0.717, 1.165) is 5.82 Å². The summed E-state index contributed by atoms with van der Waals surface area (Å²) in [5.74, 6) is -0.182. The zero-order chi connectivity index (χ0) is 17.3. The van der Waals surface area contributed by atoms with Crippen LogP contribution in [0.1, 0.15) is 54.6 Å². The first-order valence-electron chi connectivity index (χ1n) is 7.91. The number of hydrogen-bond donors (Lipinski definition) is 3. The number of hydrogen-bond acceptors (Lipinski definition) is 6. The average Bonchev–Trinajstić information content (AvgIpc) is 3.10. The third-order valence-corrected chi connectivity index (χ3v) is 4.24. The number of fused-ring (bicyclic) bond motifs is 1. The Labute approximate surface area is 138 Å². The van der Waals surface area contributed by atoms with Gasteiger partial charge in [-0.2, -0.15) is 5.10 Å². The molecule has 0 aromatic carbocycles. The summed E-state index contributed by atoms with van der Waals surface area (Å²) in [4.78, 5) is 24.2. The molecule has 2 amide bonds. The van der Waals surface area contributed by atoms with Gasteiger partial charge in [-0.1, -0.05) is 13.8 Å². The van der Waals surface area contributed by atoms with Gasteiger partial charge in [0.2, 0.25) is 5.91 Å². The van der Waals surface area contributed by atoms with Crippen LogP contribution in [0.25, 0.3) is 0 Å². The SMILES string of the molecule is CC(C)c1[nH]nc(C(N)=O)c1NC(=O)C1CCc2nnnn2CC1. The second kappa shape index (κ2) is 6.38. The zero-order valence-corrected chi connectivity index (χ0v) is 13.6. The van der Waals surface area contributed by atoms with Gasteiger partial charge >= 0.3 is 0 Å². The van der Waals surface area contributed by atoms with Crippen molar-refractivity contribution in [2.45, 2.75) is 45.6 Å². The van der Waals surface area contributed by atoms with Crippen LogP contribution < -0.4 is 11.1 Å². The van der Waals surface area contributed by atoms with Gasteiger partial charge in [-0.25, -0.2) is 4.68 Å². The Morgan fingerprint density at radius 2 is 2.17 bits per heavy atom. The molecule has 3 heterocycles. The molecule has 1 unspecified atom stereocenters. The van der Waals surface area contributed by atoms with Crippen LogP contribution >= 0.6 is 0 Å². The van der Waals surface area contributed by atoms with Crippen molar-refractivity contribution in [3.8, 4) is 0 Å². The van der Waals surface area contributed by atoms with E-state index < -0.39 is 5.91 Å². The number of amides is 2. The van der Waals surface area contributed by atoms with Crippen molar-refractivity contribution < 1.29 is 9.59 Å². The summed E-state index contributed by atoms with van der Waals surface area (Å²) in [6.45, 7) is 4.47. The smallest absolute Gasteiger partial charge is 0.271 e. The highest BCUT2D eigenvalue weighted by atomic mass is 16.2. The molecular formula is C14H20N8O2. The predicted molar refractivity (Wildman–Crippen MR) is 84.1 cm³/mol. The number of primary amides is 1. The molecule has 10 heteroatoms. The molecule has 1 aliphatic heterocycles. The number of H-pyrrole nitrogens is 1. The fourth-order valence-corrected chi connectivity index (χ4v) is 2.87. The second-order valence-corrected chi connectivity index (χ2v) is 6.21. The maximum Gasteiger partial charge on any atom is 0.271 e. The van der Waals surface area contributed by atoms with E-state index in [1.54, 1.807) is 4.68 Å². The number of carbonyl (C=O) groups excluding carboxylic acids is 2. The summed E-state index contributed by atoms with van der Waals surface area (Å²) >= 11 is 0. The molecule has 1 aliphatic rings. The Morgan fingerprint density at radius 1 is 1.38 bits per heavy atom. The molecular weight excluding hydrogens is 312 g/mol. The molecule has 3 rings (SSSR count). The minimum absolute atomic E-state index is 0.0551. The van der Waals surface area contributed by atoms with Gasteiger partial charge in [0.25, 0.3) is 5.91 Å². The fraction of sp³-hybridized carbons (Fsp3) is 0.571. The fourth-order valence-electron chi connectivity index (χ4n) is 2.87. The number of carbonyl (C=O) groups is 2. The molecule has 2 aromatic rings. The normalized spacial score (nSPS) is 17.4. The lowest BCUT2D eigenvalue weighted by atomic mass is 9.99. The van der Waals surface area contributed by atoms with E-state index in [-0.39, 0.29) is 23.4 Å². The van der Waals surface area contributed by atoms with Crippen LogP contribution in [0.2, 0.25) is 0 Å². The molecule has 0 spiro atoms. The second-order valence-electron chi connectivity index (χ2n) is 6.21. The average molecular weight is 332 g/mol. The quantitative estimate of drug-likeness (QED) is 0.730. The summed E-state index contributed by atoms with van der Waals surface area (Å²) in [6, 6.07) is 0. The number of aromatic nitrogens is 6. The molecule has 0 aliphatic carbocycles. The first kappa shape index (κ1) is 16.1. The Hall–Kier alpha value is -2.78. The minimum Gasteiger partial charge on any atom is -0.364 e. The molecule has 4 N–H and O–H groups in total. The predicted octanol–water partition coefficient (Wildman–Crippen LogP) is 0.210. The maximum atomic E-state index is 12.7. The van der Waals surface area contributed by atoms with E-state index in [9.17, 15) is 9.59 Å². The van der Waals surface area contributed by atoms with E-state index in [0.29, 0.717) is 37.2 Å². The summed E-state index contributed by atoms with van der Waals surface area (Å²) in [5.41, 5.74) is 6.47. The number of aromatic amines is 1. The van der Waals surface area contributed by atoms with Crippen LogP contribution in [0, 0.1) is 5.92 Å². The van der Waals surface area contributed by atoms with Gasteiger partial charge in [-0.3, -0.25) is 14.7 Å². The standard InChI is InChI=1S/C14H20N8O2/c1-7(2)10-11(12(13(15)23)19-18-10)16-14(24)8-3-4-9-17-20-21-22(9)6-5-8/h7-8H,3-6H2,1-2H3,(H2,15,23)(H,16,24)(H,18,19). The topological polar surface area (TPSA) is 144 Å². The molecule has 0 saturated carbocycles.